The van der Waals surface area contributed by atoms with Crippen LogP contribution >= 0.6 is 58.1 Å². The van der Waals surface area contributed by atoms with Gasteiger partial charge in [0.2, 0.25) is 0 Å². The largest absolute Gasteiger partial charge is 0.647 e. The lowest BCUT2D eigenvalue weighted by Gasteiger charge is -2.42. The number of rotatable bonds is 14. The lowest BCUT2D eigenvalue weighted by atomic mass is 9.67. The van der Waals surface area contributed by atoms with Gasteiger partial charge >= 0.3 is 7.32 Å². The molecule has 0 unspecified atom stereocenters. The Labute approximate surface area is 367 Å². The molecule has 0 saturated carbocycles. The van der Waals surface area contributed by atoms with Crippen LogP contribution in [0.4, 0.5) is 0 Å². The second-order valence-corrected chi connectivity index (χ2v) is 22.2. The average molecular weight is 972 g/mol. The fourth-order valence-corrected chi connectivity index (χ4v) is 11.3. The molecule has 0 aliphatic rings. The lowest BCUT2D eigenvalue weighted by Crippen LogP contribution is -2.31. The molecule has 0 aromatic heterocycles. The van der Waals surface area contributed by atoms with Crippen LogP contribution in [0.3, 0.4) is 0 Å². The zero-order valence-electron chi connectivity index (χ0n) is 33.6. The van der Waals surface area contributed by atoms with Crippen molar-refractivity contribution < 1.29 is 13.8 Å². The van der Waals surface area contributed by atoms with Gasteiger partial charge in [-0.25, -0.2) is 0 Å². The summed E-state index contributed by atoms with van der Waals surface area (Å²) in [6, 6.07) is 53.8. The molecule has 0 fully saturated rings. The third kappa shape index (κ3) is 10.4. The molecule has 6 aromatic rings. The minimum atomic E-state index is -2.33. The second kappa shape index (κ2) is 18.5. The zero-order chi connectivity index (χ0) is 40.8. The van der Waals surface area contributed by atoms with E-state index in [0.717, 1.165) is 35.2 Å². The Hall–Kier alpha value is -2.95. The van der Waals surface area contributed by atoms with E-state index in [0.29, 0.717) is 18.8 Å². The number of halogens is 3. The van der Waals surface area contributed by atoms with Gasteiger partial charge in [-0.3, -0.25) is 0 Å². The van der Waals surface area contributed by atoms with Crippen molar-refractivity contribution in [1.82, 2.24) is 0 Å². The van der Waals surface area contributed by atoms with Crippen LogP contribution in [-0.4, -0.2) is 19.0 Å². The van der Waals surface area contributed by atoms with Crippen LogP contribution in [0.2, 0.25) is 0 Å². The van der Waals surface area contributed by atoms with Crippen LogP contribution in [0.15, 0.2) is 175 Å². The number of hydrogen-bond donors (Lipinski definition) is 1. The Morgan fingerprint density at radius 2 is 0.877 bits per heavy atom. The highest BCUT2D eigenvalue weighted by Gasteiger charge is 2.39. The number of benzene rings is 6. The topological polar surface area (TPSA) is 38.7 Å². The first kappa shape index (κ1) is 43.6. The van der Waals surface area contributed by atoms with Gasteiger partial charge in [-0.1, -0.05) is 191 Å². The molecule has 0 amide bonds. The smallest absolute Gasteiger partial charge is 0.401 e. The molecule has 57 heavy (non-hydrogen) atoms. The van der Waals surface area contributed by atoms with Gasteiger partial charge < -0.3 is 13.8 Å². The molecule has 1 N–H and O–H groups in total. The van der Waals surface area contributed by atoms with Gasteiger partial charge in [0.05, 0.1) is 0 Å². The van der Waals surface area contributed by atoms with Gasteiger partial charge in [0.25, 0.3) is 0 Å². The molecule has 0 atom stereocenters. The predicted molar refractivity (Wildman–Crippen MR) is 251 cm³/mol. The van der Waals surface area contributed by atoms with Crippen molar-refractivity contribution in [3.05, 3.63) is 198 Å². The maximum atomic E-state index is 11.9. The van der Waals surface area contributed by atoms with E-state index in [1.807, 2.05) is 6.07 Å². The van der Waals surface area contributed by atoms with Crippen molar-refractivity contribution in [2.24, 2.45) is 0 Å². The van der Waals surface area contributed by atoms with Gasteiger partial charge in [0.1, 0.15) is 0 Å². The van der Waals surface area contributed by atoms with Crippen molar-refractivity contribution >= 4 is 65.4 Å². The summed E-state index contributed by atoms with van der Waals surface area (Å²) in [5, 5.41) is 11.9. The summed E-state index contributed by atoms with van der Waals surface area (Å²) < 4.78 is 16.4. The third-order valence-corrected chi connectivity index (χ3v) is 15.5. The Balaban J connectivity index is 1.35. The predicted octanol–water partition coefficient (Wildman–Crippen LogP) is 14.7. The van der Waals surface area contributed by atoms with E-state index in [4.69, 9.17) is 8.75 Å². The summed E-state index contributed by atoms with van der Waals surface area (Å²) in [5.41, 5.74) is 6.64. The van der Waals surface area contributed by atoms with E-state index in [9.17, 15) is 5.02 Å². The van der Waals surface area contributed by atoms with E-state index in [1.165, 1.54) is 27.8 Å². The molecular weight excluding hydrogens is 919 g/mol. The van der Waals surface area contributed by atoms with Gasteiger partial charge in [0.15, 0.2) is 0 Å². The summed E-state index contributed by atoms with van der Waals surface area (Å²) in [6.07, 6.45) is 1.39. The molecule has 0 aliphatic heterocycles. The average Bonchev–Trinajstić information content (AvgIpc) is 3.19. The van der Waals surface area contributed by atoms with Crippen LogP contribution in [0.1, 0.15) is 87.8 Å². The summed E-state index contributed by atoms with van der Waals surface area (Å²) in [7, 11) is -3.79. The van der Waals surface area contributed by atoms with Gasteiger partial charge in [-0.15, -0.1) is 0 Å². The van der Waals surface area contributed by atoms with Gasteiger partial charge in [-0.05, 0) is 118 Å². The summed E-state index contributed by atoms with van der Waals surface area (Å²) in [6.45, 7) is 13.6. The molecule has 6 rings (SSSR count). The first-order valence-corrected chi connectivity index (χ1v) is 23.5. The molecule has 0 radical (unpaired) electrons. The molecule has 0 saturated heterocycles. The lowest BCUT2D eigenvalue weighted by molar-refractivity contribution is 0.193. The van der Waals surface area contributed by atoms with E-state index in [2.05, 4.69) is 235 Å². The third-order valence-electron chi connectivity index (χ3n) is 10.6. The Bertz CT molecular complexity index is 2010. The van der Waals surface area contributed by atoms with Crippen LogP contribution in [0.25, 0.3) is 0 Å². The van der Waals surface area contributed by atoms with Crippen LogP contribution in [0, 0.1) is 0 Å². The quantitative estimate of drug-likeness (QED) is 0.0672. The first-order chi connectivity index (χ1) is 27.1. The highest BCUT2D eigenvalue weighted by atomic mass is 79.9. The zero-order valence-corrected chi connectivity index (χ0v) is 39.2. The fourth-order valence-electron chi connectivity index (χ4n) is 7.43. The standard InChI is InChI=1S/C49H52BBr3O3S/c1-47(2,3)37-19-29-45(30-20-37)57(35-36-11-8-7-9-12-36,46-31-21-38(22-32-46)48(4,5)6)56-50(54)55-34-10-33-49(39-13-23-42(51)24-14-39,40-15-25-43(52)26-16-40)41-17-27-44(53)28-18-41/h7-9,11-32,54H,10,33-35H2,1-6H3. The van der Waals surface area contributed by atoms with Crippen LogP contribution in [-0.2, 0) is 30.8 Å². The molecule has 0 spiro atoms. The normalized spacial score (nSPS) is 12.7. The highest BCUT2D eigenvalue weighted by molar-refractivity contribution is 9.11. The minimum Gasteiger partial charge on any atom is -0.401 e. The summed E-state index contributed by atoms with van der Waals surface area (Å²) in [5.74, 6) is 0.581. The number of hydrogen-bond acceptors (Lipinski definition) is 3. The van der Waals surface area contributed by atoms with E-state index in [1.54, 1.807) is 0 Å². The molecule has 0 aliphatic carbocycles. The van der Waals surface area contributed by atoms with Gasteiger partial charge in [-0.2, -0.15) is 0 Å². The van der Waals surface area contributed by atoms with Crippen molar-refractivity contribution in [3.8, 4) is 0 Å². The molecule has 3 nitrogen and oxygen atoms in total. The second-order valence-electron chi connectivity index (χ2n) is 16.7. The fraction of sp³-hybridized carbons (Fsp3) is 0.265. The summed E-state index contributed by atoms with van der Waals surface area (Å²) >= 11 is 11.0. The van der Waals surface area contributed by atoms with E-state index < -0.39 is 23.0 Å². The SMILES string of the molecule is CC(C)(C)c1ccc(S(Cc2ccccc2)(OB(O)OCCCC(c2ccc(Br)cc2)(c2ccc(Br)cc2)c2ccc(Br)cc2)c2ccc(C(C)(C)C)cc2)cc1. The minimum absolute atomic E-state index is 0.00818. The molecule has 6 aromatic carbocycles. The molecule has 296 valence electrons. The molecule has 0 bridgehead atoms. The highest BCUT2D eigenvalue weighted by Crippen LogP contribution is 2.66. The molecule has 8 heteroatoms. The summed E-state index contributed by atoms with van der Waals surface area (Å²) in [4.78, 5) is 2.07. The van der Waals surface area contributed by atoms with E-state index in [-0.39, 0.29) is 10.8 Å². The van der Waals surface area contributed by atoms with E-state index >= 15 is 0 Å². The Kier molecular flexibility index (Phi) is 14.2. The maximum Gasteiger partial charge on any atom is 0.647 e. The van der Waals surface area contributed by atoms with Crippen LogP contribution < -0.4 is 0 Å². The van der Waals surface area contributed by atoms with Crippen molar-refractivity contribution in [2.45, 2.75) is 86.2 Å². The maximum absolute atomic E-state index is 11.9. The Morgan fingerprint density at radius 3 is 1.25 bits per heavy atom. The molecule has 0 heterocycles. The van der Waals surface area contributed by atoms with Crippen molar-refractivity contribution in [3.63, 3.8) is 0 Å². The van der Waals surface area contributed by atoms with Gasteiger partial charge in [0, 0.05) is 41.0 Å². The monoisotopic (exact) mass is 968 g/mol. The van der Waals surface area contributed by atoms with Crippen molar-refractivity contribution in [1.29, 1.82) is 0 Å². The molecular formula is C49H52BBr3O3S. The van der Waals surface area contributed by atoms with Crippen LogP contribution in [0.5, 0.6) is 0 Å². The first-order valence-electron chi connectivity index (χ1n) is 19.4. The Morgan fingerprint density at radius 1 is 0.509 bits per heavy atom. The van der Waals surface area contributed by atoms with Crippen molar-refractivity contribution in [2.75, 3.05) is 6.61 Å².